The number of pyridine rings is 1. The molecule has 3 nitrogen and oxygen atoms in total. The lowest BCUT2D eigenvalue weighted by Gasteiger charge is -2.06. The Morgan fingerprint density at radius 2 is 1.89 bits per heavy atom. The second-order valence-electron chi connectivity index (χ2n) is 4.22. The van der Waals surface area contributed by atoms with Crippen molar-refractivity contribution in [3.05, 3.63) is 64.9 Å². The maximum atomic E-state index is 11.7. The SMILES string of the molecule is O=C(CCc1ccccc1Cl)NCc1ccncc1. The molecule has 0 bridgehead atoms. The van der Waals surface area contributed by atoms with Crippen molar-refractivity contribution in [3.63, 3.8) is 0 Å². The van der Waals surface area contributed by atoms with E-state index < -0.39 is 0 Å². The molecular formula is C15H15ClN2O. The molecule has 2 aromatic rings. The largest absolute Gasteiger partial charge is 0.352 e. The summed E-state index contributed by atoms with van der Waals surface area (Å²) in [4.78, 5) is 15.7. The van der Waals surface area contributed by atoms with Crippen LogP contribution < -0.4 is 5.32 Å². The van der Waals surface area contributed by atoms with Gasteiger partial charge in [-0.1, -0.05) is 29.8 Å². The van der Waals surface area contributed by atoms with Gasteiger partial charge in [0.1, 0.15) is 0 Å². The van der Waals surface area contributed by atoms with Crippen molar-refractivity contribution in [2.45, 2.75) is 19.4 Å². The summed E-state index contributed by atoms with van der Waals surface area (Å²) in [5, 5.41) is 3.59. The minimum absolute atomic E-state index is 0.0248. The van der Waals surface area contributed by atoms with Gasteiger partial charge >= 0.3 is 0 Å². The Balaban J connectivity index is 1.78. The van der Waals surface area contributed by atoms with Gasteiger partial charge in [-0.2, -0.15) is 0 Å². The third kappa shape index (κ3) is 4.38. The first-order chi connectivity index (χ1) is 9.25. The number of carbonyl (C=O) groups excluding carboxylic acids is 1. The summed E-state index contributed by atoms with van der Waals surface area (Å²) < 4.78 is 0. The summed E-state index contributed by atoms with van der Waals surface area (Å²) in [6.45, 7) is 0.532. The van der Waals surface area contributed by atoms with E-state index in [2.05, 4.69) is 10.3 Å². The molecule has 0 unspecified atom stereocenters. The highest BCUT2D eigenvalue weighted by atomic mass is 35.5. The van der Waals surface area contributed by atoms with E-state index in [1.165, 1.54) is 0 Å². The van der Waals surface area contributed by atoms with Crippen molar-refractivity contribution >= 4 is 17.5 Å². The molecule has 1 N–H and O–H groups in total. The highest BCUT2D eigenvalue weighted by Gasteiger charge is 2.04. The molecule has 1 amide bonds. The van der Waals surface area contributed by atoms with Crippen LogP contribution >= 0.6 is 11.6 Å². The average molecular weight is 275 g/mol. The minimum atomic E-state index is 0.0248. The number of amides is 1. The number of nitrogens with one attached hydrogen (secondary N) is 1. The average Bonchev–Trinajstić information content (AvgIpc) is 2.45. The number of aryl methyl sites for hydroxylation is 1. The van der Waals surface area contributed by atoms with Crippen LogP contribution in [0.3, 0.4) is 0 Å². The Morgan fingerprint density at radius 3 is 2.63 bits per heavy atom. The first-order valence-electron chi connectivity index (χ1n) is 6.15. The van der Waals surface area contributed by atoms with Gasteiger partial charge in [-0.3, -0.25) is 9.78 Å². The fourth-order valence-corrected chi connectivity index (χ4v) is 1.97. The van der Waals surface area contributed by atoms with Crippen LogP contribution in [0, 0.1) is 0 Å². The predicted octanol–water partition coefficient (Wildman–Crippen LogP) is 2.98. The number of benzene rings is 1. The smallest absolute Gasteiger partial charge is 0.220 e. The quantitative estimate of drug-likeness (QED) is 0.911. The fraction of sp³-hybridized carbons (Fsp3) is 0.200. The number of halogens is 1. The Labute approximate surface area is 117 Å². The molecule has 0 spiro atoms. The van der Waals surface area contributed by atoms with Crippen LogP contribution in [-0.4, -0.2) is 10.9 Å². The standard InChI is InChI=1S/C15H15ClN2O/c16-14-4-2-1-3-13(14)5-6-15(19)18-11-12-7-9-17-10-8-12/h1-4,7-10H,5-6,11H2,(H,18,19). The van der Waals surface area contributed by atoms with Gasteiger partial charge in [0.2, 0.25) is 5.91 Å². The normalized spacial score (nSPS) is 10.2. The maximum absolute atomic E-state index is 11.7. The summed E-state index contributed by atoms with van der Waals surface area (Å²) >= 11 is 6.04. The zero-order valence-electron chi connectivity index (χ0n) is 10.5. The Kier molecular flexibility index (Phi) is 4.93. The molecule has 0 saturated carbocycles. The van der Waals surface area contributed by atoms with E-state index in [1.54, 1.807) is 12.4 Å². The zero-order chi connectivity index (χ0) is 13.5. The van der Waals surface area contributed by atoms with E-state index in [1.807, 2.05) is 36.4 Å². The molecule has 0 saturated heterocycles. The third-order valence-corrected chi connectivity index (χ3v) is 3.19. The number of hydrogen-bond acceptors (Lipinski definition) is 2. The van der Waals surface area contributed by atoms with Crippen LogP contribution in [0.1, 0.15) is 17.5 Å². The summed E-state index contributed by atoms with van der Waals surface area (Å²) in [5.74, 6) is 0.0248. The number of hydrogen-bond donors (Lipinski definition) is 1. The molecule has 1 heterocycles. The van der Waals surface area contributed by atoms with Gasteiger partial charge in [-0.25, -0.2) is 0 Å². The van der Waals surface area contributed by atoms with Gasteiger partial charge < -0.3 is 5.32 Å². The summed E-state index contributed by atoms with van der Waals surface area (Å²) in [5.41, 5.74) is 2.05. The van der Waals surface area contributed by atoms with Crippen molar-refractivity contribution in [1.29, 1.82) is 0 Å². The van der Waals surface area contributed by atoms with Crippen molar-refractivity contribution in [3.8, 4) is 0 Å². The highest BCUT2D eigenvalue weighted by Crippen LogP contribution is 2.16. The monoisotopic (exact) mass is 274 g/mol. The summed E-state index contributed by atoms with van der Waals surface area (Å²) in [7, 11) is 0. The molecule has 0 aliphatic rings. The van der Waals surface area contributed by atoms with Crippen LogP contribution in [0.4, 0.5) is 0 Å². The first kappa shape index (κ1) is 13.6. The molecule has 98 valence electrons. The lowest BCUT2D eigenvalue weighted by atomic mass is 10.1. The van der Waals surface area contributed by atoms with E-state index >= 15 is 0 Å². The molecule has 1 aromatic carbocycles. The van der Waals surface area contributed by atoms with Crippen molar-refractivity contribution in [1.82, 2.24) is 10.3 Å². The van der Waals surface area contributed by atoms with Gasteiger partial charge in [0.15, 0.2) is 0 Å². The molecule has 0 aliphatic carbocycles. The molecule has 4 heteroatoms. The van der Waals surface area contributed by atoms with Crippen LogP contribution in [0.15, 0.2) is 48.8 Å². The molecule has 0 aliphatic heterocycles. The van der Waals surface area contributed by atoms with Crippen molar-refractivity contribution in [2.24, 2.45) is 0 Å². The molecule has 0 radical (unpaired) electrons. The second-order valence-corrected chi connectivity index (χ2v) is 4.63. The number of nitrogens with zero attached hydrogens (tertiary/aromatic N) is 1. The van der Waals surface area contributed by atoms with E-state index in [4.69, 9.17) is 11.6 Å². The lowest BCUT2D eigenvalue weighted by molar-refractivity contribution is -0.121. The molecule has 0 fully saturated rings. The van der Waals surface area contributed by atoms with Gasteiger partial charge in [0.05, 0.1) is 0 Å². The Morgan fingerprint density at radius 1 is 1.16 bits per heavy atom. The van der Waals surface area contributed by atoms with Gasteiger partial charge in [0, 0.05) is 30.4 Å². The minimum Gasteiger partial charge on any atom is -0.352 e. The topological polar surface area (TPSA) is 42.0 Å². The lowest BCUT2D eigenvalue weighted by Crippen LogP contribution is -2.23. The van der Waals surface area contributed by atoms with E-state index in [9.17, 15) is 4.79 Å². The number of carbonyl (C=O) groups is 1. The molecular weight excluding hydrogens is 260 g/mol. The zero-order valence-corrected chi connectivity index (χ0v) is 11.2. The second kappa shape index (κ2) is 6.90. The van der Waals surface area contributed by atoms with E-state index in [0.717, 1.165) is 11.1 Å². The molecule has 2 rings (SSSR count). The number of aromatic nitrogens is 1. The molecule has 1 aromatic heterocycles. The van der Waals surface area contributed by atoms with Gasteiger partial charge in [-0.15, -0.1) is 0 Å². The Hall–Kier alpha value is -1.87. The Bertz CT molecular complexity index is 543. The predicted molar refractivity (Wildman–Crippen MR) is 75.9 cm³/mol. The highest BCUT2D eigenvalue weighted by molar-refractivity contribution is 6.31. The molecule has 19 heavy (non-hydrogen) atoms. The van der Waals surface area contributed by atoms with Gasteiger partial charge in [-0.05, 0) is 35.7 Å². The van der Waals surface area contributed by atoms with Crippen LogP contribution in [0.2, 0.25) is 5.02 Å². The van der Waals surface area contributed by atoms with Crippen LogP contribution in [0.5, 0.6) is 0 Å². The summed E-state index contributed by atoms with van der Waals surface area (Å²) in [6, 6.07) is 11.4. The molecule has 0 atom stereocenters. The van der Waals surface area contributed by atoms with Crippen molar-refractivity contribution < 1.29 is 4.79 Å². The first-order valence-corrected chi connectivity index (χ1v) is 6.52. The van der Waals surface area contributed by atoms with E-state index in [0.29, 0.717) is 24.4 Å². The fourth-order valence-electron chi connectivity index (χ4n) is 1.74. The third-order valence-electron chi connectivity index (χ3n) is 2.82. The van der Waals surface area contributed by atoms with Gasteiger partial charge in [0.25, 0.3) is 0 Å². The van der Waals surface area contributed by atoms with Crippen LogP contribution in [-0.2, 0) is 17.8 Å². The summed E-state index contributed by atoms with van der Waals surface area (Å²) in [6.07, 6.45) is 4.52. The van der Waals surface area contributed by atoms with E-state index in [-0.39, 0.29) is 5.91 Å². The maximum Gasteiger partial charge on any atom is 0.220 e. The number of rotatable bonds is 5. The van der Waals surface area contributed by atoms with Crippen molar-refractivity contribution in [2.75, 3.05) is 0 Å². The van der Waals surface area contributed by atoms with Crippen LogP contribution in [0.25, 0.3) is 0 Å².